The average molecular weight is 295 g/mol. The maximum atomic E-state index is 10.8. The van der Waals surface area contributed by atoms with Gasteiger partial charge in [0.2, 0.25) is 0 Å². The first-order chi connectivity index (χ1) is 10.1. The Morgan fingerprint density at radius 1 is 1.10 bits per heavy atom. The minimum Gasteiger partial charge on any atom is -0.478 e. The fraction of sp³-hybridized carbons (Fsp3) is 0.0588. The van der Waals surface area contributed by atoms with Gasteiger partial charge in [0.1, 0.15) is 0 Å². The Morgan fingerprint density at radius 2 is 1.67 bits per heavy atom. The lowest BCUT2D eigenvalue weighted by Crippen LogP contribution is -1.95. The Balaban J connectivity index is 2.31. The minimum absolute atomic E-state index is 0.209. The molecule has 2 rings (SSSR count). The molecule has 0 heterocycles. The van der Waals surface area contributed by atoms with Crippen molar-refractivity contribution in [2.24, 2.45) is 0 Å². The van der Waals surface area contributed by atoms with Gasteiger partial charge < -0.3 is 5.11 Å². The number of hydrogen-bond acceptors (Lipinski definition) is 3. The van der Waals surface area contributed by atoms with E-state index in [9.17, 15) is 10.1 Å². The largest absolute Gasteiger partial charge is 0.478 e. The SMILES string of the molecule is CSc1ccc(/C=C(/C#N)c2ccc(C(=O)O)cc2)cc1. The Hall–Kier alpha value is -2.51. The zero-order chi connectivity index (χ0) is 15.2. The summed E-state index contributed by atoms with van der Waals surface area (Å²) in [4.78, 5) is 12.0. The van der Waals surface area contributed by atoms with Gasteiger partial charge in [-0.3, -0.25) is 0 Å². The standard InChI is InChI=1S/C17H13NO2S/c1-21-16-8-2-12(3-9-16)10-15(11-18)13-4-6-14(7-5-13)17(19)20/h2-10H,1H3,(H,19,20)/b15-10-. The number of carbonyl (C=O) groups is 1. The van der Waals surface area contributed by atoms with E-state index in [2.05, 4.69) is 6.07 Å². The molecular formula is C17H13NO2S. The van der Waals surface area contributed by atoms with E-state index in [0.717, 1.165) is 10.5 Å². The number of carboxylic acid groups (broad SMARTS) is 1. The van der Waals surface area contributed by atoms with E-state index in [1.54, 1.807) is 30.0 Å². The maximum Gasteiger partial charge on any atom is 0.335 e. The van der Waals surface area contributed by atoms with Crippen LogP contribution in [0.5, 0.6) is 0 Å². The highest BCUT2D eigenvalue weighted by Gasteiger charge is 2.05. The molecule has 21 heavy (non-hydrogen) atoms. The van der Waals surface area contributed by atoms with Gasteiger partial charge in [-0.2, -0.15) is 5.26 Å². The topological polar surface area (TPSA) is 61.1 Å². The number of nitriles is 1. The van der Waals surface area contributed by atoms with Crippen LogP contribution in [-0.4, -0.2) is 17.3 Å². The normalized spacial score (nSPS) is 11.0. The molecule has 2 aromatic rings. The van der Waals surface area contributed by atoms with Gasteiger partial charge in [0.25, 0.3) is 0 Å². The summed E-state index contributed by atoms with van der Waals surface area (Å²) < 4.78 is 0. The van der Waals surface area contributed by atoms with Crippen molar-refractivity contribution in [3.63, 3.8) is 0 Å². The van der Waals surface area contributed by atoms with E-state index in [1.165, 1.54) is 12.1 Å². The first kappa shape index (κ1) is 14.9. The summed E-state index contributed by atoms with van der Waals surface area (Å²) in [5.74, 6) is -0.975. The molecule has 1 N–H and O–H groups in total. The molecule has 0 aliphatic heterocycles. The van der Waals surface area contributed by atoms with Crippen molar-refractivity contribution >= 4 is 29.4 Å². The van der Waals surface area contributed by atoms with Gasteiger partial charge in [0, 0.05) is 4.90 Å². The minimum atomic E-state index is -0.975. The molecule has 0 saturated carbocycles. The molecule has 0 fully saturated rings. The zero-order valence-corrected chi connectivity index (χ0v) is 12.2. The smallest absolute Gasteiger partial charge is 0.335 e. The van der Waals surface area contributed by atoms with Gasteiger partial charge in [0.05, 0.1) is 17.2 Å². The van der Waals surface area contributed by atoms with Crippen LogP contribution in [0.2, 0.25) is 0 Å². The summed E-state index contributed by atoms with van der Waals surface area (Å²) in [6, 6.07) is 16.4. The Morgan fingerprint density at radius 3 is 2.14 bits per heavy atom. The lowest BCUT2D eigenvalue weighted by molar-refractivity contribution is 0.0697. The third-order valence-electron chi connectivity index (χ3n) is 2.99. The van der Waals surface area contributed by atoms with Crippen LogP contribution in [-0.2, 0) is 0 Å². The van der Waals surface area contributed by atoms with Gasteiger partial charge in [0.15, 0.2) is 0 Å². The number of nitrogens with zero attached hydrogens (tertiary/aromatic N) is 1. The second-order valence-corrected chi connectivity index (χ2v) is 5.21. The highest BCUT2D eigenvalue weighted by molar-refractivity contribution is 7.98. The number of aromatic carboxylic acids is 1. The molecule has 0 amide bonds. The predicted octanol–water partition coefficient (Wildman–Crippen LogP) is 4.17. The summed E-state index contributed by atoms with van der Waals surface area (Å²) in [6.07, 6.45) is 3.80. The Kier molecular flexibility index (Phi) is 4.81. The Bertz CT molecular complexity index is 710. The van der Waals surface area contributed by atoms with Crippen molar-refractivity contribution < 1.29 is 9.90 Å². The summed E-state index contributed by atoms with van der Waals surface area (Å²) in [5.41, 5.74) is 2.35. The molecule has 2 aromatic carbocycles. The average Bonchev–Trinajstić information content (AvgIpc) is 2.53. The quantitative estimate of drug-likeness (QED) is 0.522. The molecule has 0 aliphatic rings. The van der Waals surface area contributed by atoms with E-state index in [4.69, 9.17) is 5.11 Å². The summed E-state index contributed by atoms with van der Waals surface area (Å²) in [7, 11) is 0. The molecular weight excluding hydrogens is 282 g/mol. The molecule has 0 spiro atoms. The second-order valence-electron chi connectivity index (χ2n) is 4.33. The van der Waals surface area contributed by atoms with Gasteiger partial charge in [-0.05, 0) is 47.7 Å². The molecule has 0 atom stereocenters. The van der Waals surface area contributed by atoms with Crippen LogP contribution in [0.1, 0.15) is 21.5 Å². The number of rotatable bonds is 4. The lowest BCUT2D eigenvalue weighted by atomic mass is 10.0. The summed E-state index contributed by atoms with van der Waals surface area (Å²) in [6.45, 7) is 0. The van der Waals surface area contributed by atoms with Crippen LogP contribution >= 0.6 is 11.8 Å². The first-order valence-electron chi connectivity index (χ1n) is 6.23. The van der Waals surface area contributed by atoms with Crippen LogP contribution < -0.4 is 0 Å². The lowest BCUT2D eigenvalue weighted by Gasteiger charge is -2.02. The van der Waals surface area contributed by atoms with Crippen molar-refractivity contribution in [2.75, 3.05) is 6.26 Å². The summed E-state index contributed by atoms with van der Waals surface area (Å²) >= 11 is 1.66. The molecule has 0 saturated heterocycles. The fourth-order valence-electron chi connectivity index (χ4n) is 1.84. The highest BCUT2D eigenvalue weighted by Crippen LogP contribution is 2.20. The van der Waals surface area contributed by atoms with E-state index >= 15 is 0 Å². The molecule has 0 aliphatic carbocycles. The van der Waals surface area contributed by atoms with Crippen LogP contribution in [0.25, 0.3) is 11.6 Å². The number of carboxylic acids is 1. The molecule has 0 aromatic heterocycles. The highest BCUT2D eigenvalue weighted by atomic mass is 32.2. The Labute approximate surface area is 127 Å². The predicted molar refractivity (Wildman–Crippen MR) is 85.1 cm³/mol. The van der Waals surface area contributed by atoms with Crippen LogP contribution in [0.4, 0.5) is 0 Å². The number of benzene rings is 2. The molecule has 0 radical (unpaired) electrons. The number of hydrogen-bond donors (Lipinski definition) is 1. The maximum absolute atomic E-state index is 10.8. The van der Waals surface area contributed by atoms with Crippen LogP contribution in [0.15, 0.2) is 53.4 Å². The van der Waals surface area contributed by atoms with E-state index in [1.807, 2.05) is 30.5 Å². The fourth-order valence-corrected chi connectivity index (χ4v) is 2.25. The van der Waals surface area contributed by atoms with Gasteiger partial charge in [-0.15, -0.1) is 11.8 Å². The molecule has 4 heteroatoms. The zero-order valence-electron chi connectivity index (χ0n) is 11.4. The van der Waals surface area contributed by atoms with Crippen molar-refractivity contribution in [1.29, 1.82) is 5.26 Å². The third-order valence-corrected chi connectivity index (χ3v) is 3.73. The first-order valence-corrected chi connectivity index (χ1v) is 7.46. The van der Waals surface area contributed by atoms with E-state index in [-0.39, 0.29) is 5.56 Å². The van der Waals surface area contributed by atoms with Crippen LogP contribution in [0.3, 0.4) is 0 Å². The molecule has 3 nitrogen and oxygen atoms in total. The van der Waals surface area contributed by atoms with Crippen molar-refractivity contribution in [1.82, 2.24) is 0 Å². The van der Waals surface area contributed by atoms with Crippen LogP contribution in [0, 0.1) is 11.3 Å². The molecule has 0 unspecified atom stereocenters. The number of thioether (sulfide) groups is 1. The monoisotopic (exact) mass is 295 g/mol. The van der Waals surface area contributed by atoms with Gasteiger partial charge in [-0.1, -0.05) is 24.3 Å². The van der Waals surface area contributed by atoms with Crippen molar-refractivity contribution in [3.8, 4) is 6.07 Å². The molecule has 0 bridgehead atoms. The van der Waals surface area contributed by atoms with Crippen molar-refractivity contribution in [3.05, 3.63) is 65.2 Å². The number of allylic oxidation sites excluding steroid dienone is 1. The third kappa shape index (κ3) is 3.74. The van der Waals surface area contributed by atoms with E-state index in [0.29, 0.717) is 11.1 Å². The van der Waals surface area contributed by atoms with Gasteiger partial charge in [-0.25, -0.2) is 4.79 Å². The van der Waals surface area contributed by atoms with Crippen molar-refractivity contribution in [2.45, 2.75) is 4.90 Å². The molecule has 104 valence electrons. The summed E-state index contributed by atoms with van der Waals surface area (Å²) in [5, 5.41) is 18.2. The van der Waals surface area contributed by atoms with E-state index < -0.39 is 5.97 Å². The van der Waals surface area contributed by atoms with Gasteiger partial charge >= 0.3 is 5.97 Å². The second kappa shape index (κ2) is 6.78.